The molecule has 2 aromatic heterocycles. The highest BCUT2D eigenvalue weighted by atomic mass is 35.5. The molecule has 0 aliphatic rings. The van der Waals surface area contributed by atoms with E-state index in [1.807, 2.05) is 0 Å². The summed E-state index contributed by atoms with van der Waals surface area (Å²) in [5, 5.41) is 9.69. The number of pyridine rings is 1. The number of fused-ring (bicyclic) bond motifs is 2. The van der Waals surface area contributed by atoms with Crippen molar-refractivity contribution in [2.24, 2.45) is 0 Å². The maximum Gasteiger partial charge on any atom is 0.339 e. The van der Waals surface area contributed by atoms with Crippen LogP contribution in [0.1, 0.15) is 10.4 Å². The first kappa shape index (κ1) is 12.4. The first-order valence-electron chi connectivity index (χ1n) is 5.53. The van der Waals surface area contributed by atoms with Crippen LogP contribution in [0.4, 0.5) is 5.82 Å². The van der Waals surface area contributed by atoms with E-state index in [2.05, 4.69) is 4.98 Å². The van der Waals surface area contributed by atoms with Gasteiger partial charge in [-0.25, -0.2) is 4.79 Å². The third kappa shape index (κ3) is 1.78. The van der Waals surface area contributed by atoms with Crippen LogP contribution in [0.5, 0.6) is 0 Å². The normalized spacial score (nSPS) is 11.1. The molecule has 0 spiro atoms. The van der Waals surface area contributed by atoms with Crippen molar-refractivity contribution in [3.8, 4) is 0 Å². The molecular formula is C13H7ClN2O4. The zero-order valence-electron chi connectivity index (χ0n) is 9.88. The van der Waals surface area contributed by atoms with Crippen LogP contribution in [0.3, 0.4) is 0 Å². The number of nitrogen functional groups attached to an aromatic ring is 1. The number of aromatic carboxylic acids is 1. The number of rotatable bonds is 1. The lowest BCUT2D eigenvalue weighted by atomic mass is 10.1. The molecule has 0 aliphatic carbocycles. The molecule has 0 aliphatic heterocycles. The highest BCUT2D eigenvalue weighted by molar-refractivity contribution is 6.31. The van der Waals surface area contributed by atoms with Gasteiger partial charge in [-0.15, -0.1) is 0 Å². The number of halogens is 1. The minimum atomic E-state index is -1.26. The standard InChI is InChI=1S/C13H7ClN2O4/c14-5-1-2-9-6(3-5)10(17)7-4-8(13(18)19)11(15)16-12(7)20-9/h1-4H,(H2,15,16)(H,18,19). The summed E-state index contributed by atoms with van der Waals surface area (Å²) in [4.78, 5) is 27.2. The molecule has 7 heteroatoms. The smallest absolute Gasteiger partial charge is 0.339 e. The van der Waals surface area contributed by atoms with Gasteiger partial charge in [0.05, 0.1) is 10.8 Å². The van der Waals surface area contributed by atoms with Gasteiger partial charge in [0.15, 0.2) is 0 Å². The number of carboxylic acids is 1. The van der Waals surface area contributed by atoms with Crippen LogP contribution in [-0.4, -0.2) is 16.1 Å². The zero-order chi connectivity index (χ0) is 14.4. The quantitative estimate of drug-likeness (QED) is 0.666. The lowest BCUT2D eigenvalue weighted by molar-refractivity contribution is 0.0698. The van der Waals surface area contributed by atoms with E-state index < -0.39 is 11.4 Å². The van der Waals surface area contributed by atoms with Crippen molar-refractivity contribution >= 4 is 45.5 Å². The van der Waals surface area contributed by atoms with Gasteiger partial charge in [-0.3, -0.25) is 4.79 Å². The molecule has 0 saturated carbocycles. The molecule has 3 aromatic rings. The lowest BCUT2D eigenvalue weighted by Gasteiger charge is -2.04. The fraction of sp³-hybridized carbons (Fsp3) is 0. The number of carboxylic acid groups (broad SMARTS) is 1. The predicted molar refractivity (Wildman–Crippen MR) is 74.2 cm³/mol. The Morgan fingerprint density at radius 2 is 2.05 bits per heavy atom. The fourth-order valence-electron chi connectivity index (χ4n) is 1.94. The molecule has 6 nitrogen and oxygen atoms in total. The van der Waals surface area contributed by atoms with E-state index in [1.54, 1.807) is 12.1 Å². The molecular weight excluding hydrogens is 284 g/mol. The van der Waals surface area contributed by atoms with Crippen molar-refractivity contribution in [3.05, 3.63) is 45.1 Å². The fourth-order valence-corrected chi connectivity index (χ4v) is 2.11. The van der Waals surface area contributed by atoms with Crippen LogP contribution in [0.2, 0.25) is 5.02 Å². The van der Waals surface area contributed by atoms with Crippen LogP contribution in [0, 0.1) is 0 Å². The predicted octanol–water partition coefficient (Wildman–Crippen LogP) is 2.27. The summed E-state index contributed by atoms with van der Waals surface area (Å²) in [6, 6.07) is 5.74. The summed E-state index contributed by atoms with van der Waals surface area (Å²) < 4.78 is 5.45. The van der Waals surface area contributed by atoms with E-state index in [4.69, 9.17) is 26.9 Å². The third-order valence-electron chi connectivity index (χ3n) is 2.88. The number of anilines is 1. The van der Waals surface area contributed by atoms with Gasteiger partial charge in [0.2, 0.25) is 11.1 Å². The molecule has 1 aromatic carbocycles. The van der Waals surface area contributed by atoms with Crippen molar-refractivity contribution in [2.75, 3.05) is 5.73 Å². The second-order valence-corrected chi connectivity index (χ2v) is 4.59. The van der Waals surface area contributed by atoms with Crippen molar-refractivity contribution in [1.82, 2.24) is 4.98 Å². The number of nitrogens with zero attached hydrogens (tertiary/aromatic N) is 1. The summed E-state index contributed by atoms with van der Waals surface area (Å²) >= 11 is 5.84. The number of hydrogen-bond donors (Lipinski definition) is 2. The van der Waals surface area contributed by atoms with Crippen molar-refractivity contribution in [2.45, 2.75) is 0 Å². The highest BCUT2D eigenvalue weighted by Gasteiger charge is 2.16. The molecule has 0 bridgehead atoms. The Morgan fingerprint density at radius 1 is 1.30 bits per heavy atom. The minimum Gasteiger partial charge on any atom is -0.478 e. The van der Waals surface area contributed by atoms with E-state index in [0.717, 1.165) is 6.07 Å². The van der Waals surface area contributed by atoms with Crippen LogP contribution < -0.4 is 11.2 Å². The summed E-state index contributed by atoms with van der Waals surface area (Å²) in [7, 11) is 0. The van der Waals surface area contributed by atoms with Gasteiger partial charge >= 0.3 is 5.97 Å². The Morgan fingerprint density at radius 3 is 2.75 bits per heavy atom. The molecule has 0 amide bonds. The summed E-state index contributed by atoms with van der Waals surface area (Å²) in [5.41, 5.74) is 5.18. The summed E-state index contributed by atoms with van der Waals surface area (Å²) in [5.74, 6) is -1.47. The monoisotopic (exact) mass is 290 g/mol. The SMILES string of the molecule is Nc1nc2oc3ccc(Cl)cc3c(=O)c2cc1C(=O)O. The summed E-state index contributed by atoms with van der Waals surface area (Å²) in [6.45, 7) is 0. The van der Waals surface area contributed by atoms with Crippen LogP contribution in [-0.2, 0) is 0 Å². The molecule has 0 fully saturated rings. The van der Waals surface area contributed by atoms with E-state index in [-0.39, 0.29) is 27.9 Å². The van der Waals surface area contributed by atoms with Gasteiger partial charge in [-0.05, 0) is 24.3 Å². The molecule has 20 heavy (non-hydrogen) atoms. The first-order valence-corrected chi connectivity index (χ1v) is 5.91. The lowest BCUT2D eigenvalue weighted by Crippen LogP contribution is -2.09. The molecule has 0 atom stereocenters. The molecule has 0 unspecified atom stereocenters. The molecule has 0 saturated heterocycles. The van der Waals surface area contributed by atoms with Crippen molar-refractivity contribution < 1.29 is 14.3 Å². The van der Waals surface area contributed by atoms with Crippen molar-refractivity contribution in [1.29, 1.82) is 0 Å². The Balaban J connectivity index is 2.51. The molecule has 3 rings (SSSR count). The van der Waals surface area contributed by atoms with Gasteiger partial charge in [-0.1, -0.05) is 11.6 Å². The van der Waals surface area contributed by atoms with Gasteiger partial charge in [0, 0.05) is 5.02 Å². The van der Waals surface area contributed by atoms with E-state index in [1.165, 1.54) is 6.07 Å². The Hall–Kier alpha value is -2.60. The topological polar surface area (TPSA) is 106 Å². The second-order valence-electron chi connectivity index (χ2n) is 4.15. The average molecular weight is 291 g/mol. The number of nitrogens with two attached hydrogens (primary N) is 1. The van der Waals surface area contributed by atoms with Gasteiger partial charge in [0.1, 0.15) is 17.0 Å². The van der Waals surface area contributed by atoms with Crippen LogP contribution >= 0.6 is 11.6 Å². The Bertz CT molecular complexity index is 933. The maximum absolute atomic E-state index is 12.3. The Kier molecular flexibility index (Phi) is 2.62. The molecule has 3 N–H and O–H groups in total. The largest absolute Gasteiger partial charge is 0.478 e. The highest BCUT2D eigenvalue weighted by Crippen LogP contribution is 2.22. The number of aromatic nitrogens is 1. The van der Waals surface area contributed by atoms with Gasteiger partial charge in [-0.2, -0.15) is 4.98 Å². The maximum atomic E-state index is 12.3. The number of carbonyl (C=O) groups is 1. The number of benzene rings is 1. The number of hydrogen-bond acceptors (Lipinski definition) is 5. The zero-order valence-corrected chi connectivity index (χ0v) is 10.6. The van der Waals surface area contributed by atoms with E-state index in [9.17, 15) is 9.59 Å². The second kappa shape index (κ2) is 4.21. The first-order chi connectivity index (χ1) is 9.47. The summed E-state index contributed by atoms with van der Waals surface area (Å²) in [6.07, 6.45) is 0. The van der Waals surface area contributed by atoms with Crippen molar-refractivity contribution in [3.63, 3.8) is 0 Å². The van der Waals surface area contributed by atoms with E-state index >= 15 is 0 Å². The van der Waals surface area contributed by atoms with Crippen LogP contribution in [0.25, 0.3) is 22.1 Å². The Labute approximate surface area is 116 Å². The average Bonchev–Trinajstić information content (AvgIpc) is 2.39. The minimum absolute atomic E-state index is 0.00711. The van der Waals surface area contributed by atoms with Gasteiger partial charge in [0.25, 0.3) is 0 Å². The third-order valence-corrected chi connectivity index (χ3v) is 3.12. The molecule has 100 valence electrons. The molecule has 0 radical (unpaired) electrons. The van der Waals surface area contributed by atoms with E-state index in [0.29, 0.717) is 10.6 Å². The molecule has 2 heterocycles. The van der Waals surface area contributed by atoms with Gasteiger partial charge < -0.3 is 15.3 Å². The van der Waals surface area contributed by atoms with Crippen LogP contribution in [0.15, 0.2) is 33.5 Å².